The molecule has 0 spiro atoms. The number of rotatable bonds is 2. The van der Waals surface area contributed by atoms with Crippen LogP contribution in [-0.2, 0) is 13.0 Å². The predicted molar refractivity (Wildman–Crippen MR) is 67.0 cm³/mol. The molecule has 1 saturated carbocycles. The van der Waals surface area contributed by atoms with E-state index < -0.39 is 0 Å². The molecule has 0 aromatic carbocycles. The van der Waals surface area contributed by atoms with Gasteiger partial charge in [-0.05, 0) is 12.8 Å². The van der Waals surface area contributed by atoms with Crippen LogP contribution in [0.3, 0.4) is 0 Å². The third-order valence-electron chi connectivity index (χ3n) is 3.43. The molecule has 0 saturated heterocycles. The molecule has 0 radical (unpaired) electrons. The Bertz CT molecular complexity index is 529. The van der Waals surface area contributed by atoms with E-state index in [0.29, 0.717) is 6.04 Å². The number of hydrogen-bond acceptors (Lipinski definition) is 4. The van der Waals surface area contributed by atoms with Crippen molar-refractivity contribution in [2.24, 2.45) is 0 Å². The minimum Gasteiger partial charge on any atom is -0.326 e. The summed E-state index contributed by atoms with van der Waals surface area (Å²) in [5.74, 6) is 0. The van der Waals surface area contributed by atoms with E-state index in [4.69, 9.17) is 4.98 Å². The van der Waals surface area contributed by atoms with Gasteiger partial charge in [0, 0.05) is 30.4 Å². The molecule has 2 aliphatic rings. The normalized spacial score (nSPS) is 19.3. The number of thiazole rings is 1. The van der Waals surface area contributed by atoms with Crippen molar-refractivity contribution in [3.63, 3.8) is 0 Å². The van der Waals surface area contributed by atoms with E-state index in [1.54, 1.807) is 0 Å². The lowest BCUT2D eigenvalue weighted by atomic mass is 10.2. The number of imidazole rings is 1. The topological polar surface area (TPSA) is 42.7 Å². The lowest BCUT2D eigenvalue weighted by Gasteiger charge is -2.09. The van der Waals surface area contributed by atoms with Crippen molar-refractivity contribution in [3.05, 3.63) is 23.1 Å². The molecule has 0 atom stereocenters. The minimum absolute atomic E-state index is 0.673. The molecule has 0 unspecified atom stereocenters. The molecule has 2 aromatic heterocycles. The molecule has 88 valence electrons. The van der Waals surface area contributed by atoms with E-state index in [1.807, 2.05) is 23.9 Å². The Labute approximate surface area is 104 Å². The van der Waals surface area contributed by atoms with Gasteiger partial charge in [0.25, 0.3) is 0 Å². The maximum Gasteiger partial charge on any atom is 0.142 e. The third kappa shape index (κ3) is 1.61. The summed E-state index contributed by atoms with van der Waals surface area (Å²) >= 11 is 1.82. The lowest BCUT2D eigenvalue weighted by molar-refractivity contribution is 0.643. The summed E-state index contributed by atoms with van der Waals surface area (Å²) in [5.41, 5.74) is 2.49. The van der Waals surface area contributed by atoms with Crippen molar-refractivity contribution in [1.82, 2.24) is 19.9 Å². The molecular formula is C12H14N4S. The van der Waals surface area contributed by atoms with E-state index in [9.17, 15) is 0 Å². The summed E-state index contributed by atoms with van der Waals surface area (Å²) in [6.07, 6.45) is 7.54. The fraction of sp³-hybridized carbons (Fsp3) is 0.500. The summed E-state index contributed by atoms with van der Waals surface area (Å²) in [6.45, 7) is 2.03. The van der Waals surface area contributed by atoms with E-state index in [-0.39, 0.29) is 0 Å². The summed E-state index contributed by atoms with van der Waals surface area (Å²) in [6, 6.07) is 0.673. The second kappa shape index (κ2) is 3.65. The second-order valence-corrected chi connectivity index (χ2v) is 5.82. The zero-order valence-corrected chi connectivity index (χ0v) is 10.3. The molecule has 4 nitrogen and oxygen atoms in total. The number of hydrogen-bond donors (Lipinski definition) is 1. The van der Waals surface area contributed by atoms with Crippen LogP contribution in [0.25, 0.3) is 10.7 Å². The Hall–Kier alpha value is -1.20. The largest absolute Gasteiger partial charge is 0.326 e. The zero-order chi connectivity index (χ0) is 11.2. The molecular weight excluding hydrogens is 232 g/mol. The summed E-state index contributed by atoms with van der Waals surface area (Å²) in [5, 5.41) is 4.54. The Balaban J connectivity index is 1.77. The van der Waals surface area contributed by atoms with E-state index in [0.717, 1.165) is 24.5 Å². The number of aromatic nitrogens is 3. The standard InChI is InChI=1S/C12H14N4S/c1-2-8(1)16-7-14-5-10(16)12-15-9-3-4-13-6-11(9)17-12/h5,7-8,13H,1-4,6H2. The fourth-order valence-electron chi connectivity index (χ4n) is 2.35. The Morgan fingerprint density at radius 3 is 3.18 bits per heavy atom. The maximum absolute atomic E-state index is 4.78. The molecule has 1 aliphatic heterocycles. The highest BCUT2D eigenvalue weighted by Gasteiger charge is 2.27. The number of fused-ring (bicyclic) bond motifs is 1. The van der Waals surface area contributed by atoms with Crippen molar-refractivity contribution in [1.29, 1.82) is 0 Å². The fourth-order valence-corrected chi connectivity index (χ4v) is 3.44. The maximum atomic E-state index is 4.78. The molecule has 0 bridgehead atoms. The van der Waals surface area contributed by atoms with E-state index in [1.165, 1.54) is 29.1 Å². The van der Waals surface area contributed by atoms with Crippen LogP contribution in [0, 0.1) is 0 Å². The first-order valence-corrected chi connectivity index (χ1v) is 6.95. The van der Waals surface area contributed by atoms with Crippen LogP contribution in [0.1, 0.15) is 29.5 Å². The molecule has 1 N–H and O–H groups in total. The van der Waals surface area contributed by atoms with Crippen molar-refractivity contribution in [2.75, 3.05) is 6.54 Å². The lowest BCUT2D eigenvalue weighted by Crippen LogP contribution is -2.22. The average Bonchev–Trinajstić information content (AvgIpc) is 2.94. The van der Waals surface area contributed by atoms with Gasteiger partial charge in [0.1, 0.15) is 5.01 Å². The molecule has 2 aromatic rings. The van der Waals surface area contributed by atoms with Crippen molar-refractivity contribution in [3.8, 4) is 10.7 Å². The SMILES string of the molecule is c1ncn(C2CC2)c1-c1nc2c(s1)CNCC2. The first-order valence-electron chi connectivity index (χ1n) is 6.13. The van der Waals surface area contributed by atoms with Crippen LogP contribution in [-0.4, -0.2) is 21.1 Å². The zero-order valence-electron chi connectivity index (χ0n) is 9.52. The van der Waals surface area contributed by atoms with Crippen molar-refractivity contribution >= 4 is 11.3 Å². The molecule has 3 heterocycles. The van der Waals surface area contributed by atoms with Gasteiger partial charge in [0.2, 0.25) is 0 Å². The molecule has 1 aliphatic carbocycles. The average molecular weight is 246 g/mol. The molecule has 5 heteroatoms. The smallest absolute Gasteiger partial charge is 0.142 e. The van der Waals surface area contributed by atoms with E-state index >= 15 is 0 Å². The van der Waals surface area contributed by atoms with Gasteiger partial charge < -0.3 is 9.88 Å². The first kappa shape index (κ1) is 9.79. The molecule has 0 amide bonds. The highest BCUT2D eigenvalue weighted by molar-refractivity contribution is 7.15. The van der Waals surface area contributed by atoms with Crippen LogP contribution in [0.15, 0.2) is 12.5 Å². The minimum atomic E-state index is 0.673. The number of nitrogens with one attached hydrogen (secondary N) is 1. The Morgan fingerprint density at radius 1 is 1.41 bits per heavy atom. The van der Waals surface area contributed by atoms with Crippen LogP contribution < -0.4 is 5.32 Å². The molecule has 4 rings (SSSR count). The van der Waals surface area contributed by atoms with Gasteiger partial charge in [0.15, 0.2) is 0 Å². The van der Waals surface area contributed by atoms with Gasteiger partial charge in [-0.2, -0.15) is 0 Å². The van der Waals surface area contributed by atoms with Crippen LogP contribution in [0.2, 0.25) is 0 Å². The second-order valence-electron chi connectivity index (χ2n) is 4.73. The van der Waals surface area contributed by atoms with Gasteiger partial charge in [-0.3, -0.25) is 0 Å². The molecule has 17 heavy (non-hydrogen) atoms. The Morgan fingerprint density at radius 2 is 2.35 bits per heavy atom. The summed E-state index contributed by atoms with van der Waals surface area (Å²) in [4.78, 5) is 10.5. The molecule has 1 fully saturated rings. The van der Waals surface area contributed by atoms with Gasteiger partial charge in [-0.15, -0.1) is 11.3 Å². The van der Waals surface area contributed by atoms with Gasteiger partial charge in [0.05, 0.1) is 23.9 Å². The van der Waals surface area contributed by atoms with Gasteiger partial charge >= 0.3 is 0 Å². The predicted octanol–water partition coefficient (Wildman–Crippen LogP) is 1.99. The van der Waals surface area contributed by atoms with Gasteiger partial charge in [-0.25, -0.2) is 9.97 Å². The van der Waals surface area contributed by atoms with Crippen LogP contribution in [0.5, 0.6) is 0 Å². The van der Waals surface area contributed by atoms with Crippen molar-refractivity contribution < 1.29 is 0 Å². The highest BCUT2D eigenvalue weighted by Crippen LogP contribution is 2.39. The van der Waals surface area contributed by atoms with E-state index in [2.05, 4.69) is 14.9 Å². The summed E-state index contributed by atoms with van der Waals surface area (Å²) < 4.78 is 2.29. The monoisotopic (exact) mass is 246 g/mol. The van der Waals surface area contributed by atoms with Gasteiger partial charge in [-0.1, -0.05) is 0 Å². The quantitative estimate of drug-likeness (QED) is 0.881. The van der Waals surface area contributed by atoms with Crippen LogP contribution >= 0.6 is 11.3 Å². The highest BCUT2D eigenvalue weighted by atomic mass is 32.1. The Kier molecular flexibility index (Phi) is 2.10. The van der Waals surface area contributed by atoms with Crippen molar-refractivity contribution in [2.45, 2.75) is 31.8 Å². The van der Waals surface area contributed by atoms with Crippen LogP contribution in [0.4, 0.5) is 0 Å². The first-order chi connectivity index (χ1) is 8.42. The third-order valence-corrected chi connectivity index (χ3v) is 4.55. The number of nitrogens with zero attached hydrogens (tertiary/aromatic N) is 3. The summed E-state index contributed by atoms with van der Waals surface area (Å²) in [7, 11) is 0.